The van der Waals surface area contributed by atoms with Crippen LogP contribution in [-0.4, -0.2) is 35.0 Å². The van der Waals surface area contributed by atoms with E-state index in [9.17, 15) is 0 Å². The average molecular weight is 411 g/mol. The molecule has 2 unspecified atom stereocenters. The molecule has 0 amide bonds. The molecule has 0 aliphatic rings. The van der Waals surface area contributed by atoms with Gasteiger partial charge in [0, 0.05) is 34.1 Å². The van der Waals surface area contributed by atoms with Crippen molar-refractivity contribution in [1.82, 2.24) is 14.9 Å². The Morgan fingerprint density at radius 1 is 1.14 bits per heavy atom. The van der Waals surface area contributed by atoms with Gasteiger partial charge in [-0.05, 0) is 57.8 Å². The number of rotatable bonds is 7. The molecule has 0 aliphatic carbocycles. The third-order valence-corrected chi connectivity index (χ3v) is 7.41. The van der Waals surface area contributed by atoms with E-state index in [2.05, 4.69) is 78.5 Å². The fourth-order valence-electron chi connectivity index (χ4n) is 3.63. The van der Waals surface area contributed by atoms with Crippen molar-refractivity contribution >= 4 is 54.5 Å². The molecule has 0 fully saturated rings. The van der Waals surface area contributed by atoms with Gasteiger partial charge in [0.05, 0.1) is 21.4 Å². The van der Waals surface area contributed by atoms with E-state index in [1.165, 1.54) is 27.8 Å². The third kappa shape index (κ3) is 3.77. The average Bonchev–Trinajstić information content (AvgIpc) is 3.32. The van der Waals surface area contributed by atoms with Gasteiger partial charge < -0.3 is 10.2 Å². The fraction of sp³-hybridized carbons (Fsp3) is 0.364. The number of anilines is 2. The lowest BCUT2D eigenvalue weighted by molar-refractivity contribution is 0.265. The molecule has 2 atom stereocenters. The van der Waals surface area contributed by atoms with Crippen molar-refractivity contribution in [3.63, 3.8) is 0 Å². The minimum atomic E-state index is 0.497. The predicted molar refractivity (Wildman–Crippen MR) is 123 cm³/mol. The first-order valence-electron chi connectivity index (χ1n) is 9.72. The number of likely N-dealkylation sites (N-methyl/N-ethyl adjacent to an activating group) is 1. The largest absolute Gasteiger partial charge is 0.355 e. The molecule has 6 heteroatoms. The highest BCUT2D eigenvalue weighted by Gasteiger charge is 2.23. The molecule has 1 aromatic carbocycles. The molecule has 0 saturated carbocycles. The Hall–Kier alpha value is -2.02. The van der Waals surface area contributed by atoms with E-state index in [1.54, 1.807) is 11.3 Å². The molecule has 28 heavy (non-hydrogen) atoms. The van der Waals surface area contributed by atoms with Gasteiger partial charge in [0.1, 0.15) is 4.83 Å². The lowest BCUT2D eigenvalue weighted by Crippen LogP contribution is -2.30. The Balaban J connectivity index is 1.69. The number of pyridine rings is 1. The van der Waals surface area contributed by atoms with Gasteiger partial charge in [-0.1, -0.05) is 13.3 Å². The summed E-state index contributed by atoms with van der Waals surface area (Å²) in [4.78, 5) is 13.9. The number of hydrogen-bond acceptors (Lipinski definition) is 6. The van der Waals surface area contributed by atoms with E-state index in [0.717, 1.165) is 21.7 Å². The standard InChI is InChI=1S/C22H26N4S2/c1-5-6-16(14(2)26(3)4)21-12-17-18(9-10-23-22(17)28-21)25-15-7-8-20-19(11-15)24-13-27-20/h7-14,16H,5-6H2,1-4H3,(H,23,25). The van der Waals surface area contributed by atoms with Gasteiger partial charge in [0.25, 0.3) is 0 Å². The predicted octanol–water partition coefficient (Wildman–Crippen LogP) is 6.48. The maximum atomic E-state index is 4.65. The van der Waals surface area contributed by atoms with Crippen LogP contribution in [0.25, 0.3) is 20.4 Å². The third-order valence-electron chi connectivity index (χ3n) is 5.43. The number of nitrogens with zero attached hydrogens (tertiary/aromatic N) is 3. The summed E-state index contributed by atoms with van der Waals surface area (Å²) in [5.41, 5.74) is 5.10. The number of thiazole rings is 1. The van der Waals surface area contributed by atoms with Gasteiger partial charge in [-0.2, -0.15) is 0 Å². The minimum absolute atomic E-state index is 0.497. The SMILES string of the molecule is CCCC(c1cc2c(Nc3ccc4scnc4c3)ccnc2s1)C(C)N(C)C. The van der Waals surface area contributed by atoms with Crippen LogP contribution in [0.1, 0.15) is 37.5 Å². The van der Waals surface area contributed by atoms with Crippen LogP contribution in [0.4, 0.5) is 11.4 Å². The van der Waals surface area contributed by atoms with Crippen LogP contribution >= 0.6 is 22.7 Å². The molecular formula is C22H26N4S2. The number of benzene rings is 1. The van der Waals surface area contributed by atoms with E-state index < -0.39 is 0 Å². The highest BCUT2D eigenvalue weighted by molar-refractivity contribution is 7.18. The topological polar surface area (TPSA) is 41.1 Å². The lowest BCUT2D eigenvalue weighted by Gasteiger charge is -2.28. The first-order chi connectivity index (χ1) is 13.6. The summed E-state index contributed by atoms with van der Waals surface area (Å²) in [7, 11) is 4.33. The summed E-state index contributed by atoms with van der Waals surface area (Å²) in [6.07, 6.45) is 4.27. The molecule has 146 valence electrons. The van der Waals surface area contributed by atoms with Crippen molar-refractivity contribution in [1.29, 1.82) is 0 Å². The molecule has 3 heterocycles. The van der Waals surface area contributed by atoms with E-state index in [1.807, 2.05) is 23.0 Å². The number of fused-ring (bicyclic) bond motifs is 2. The normalized spacial score (nSPS) is 14.0. The van der Waals surface area contributed by atoms with E-state index in [-0.39, 0.29) is 0 Å². The minimum Gasteiger partial charge on any atom is -0.355 e. The Morgan fingerprint density at radius 2 is 2.00 bits per heavy atom. The molecule has 4 aromatic rings. The smallest absolute Gasteiger partial charge is 0.125 e. The van der Waals surface area contributed by atoms with E-state index in [4.69, 9.17) is 0 Å². The lowest BCUT2D eigenvalue weighted by atomic mass is 9.93. The van der Waals surface area contributed by atoms with Gasteiger partial charge in [0.2, 0.25) is 0 Å². The molecule has 4 rings (SSSR count). The summed E-state index contributed by atoms with van der Waals surface area (Å²) in [5, 5.41) is 4.79. The van der Waals surface area contributed by atoms with Crippen molar-refractivity contribution in [2.75, 3.05) is 19.4 Å². The Morgan fingerprint density at radius 3 is 2.79 bits per heavy atom. The zero-order chi connectivity index (χ0) is 19.7. The quantitative estimate of drug-likeness (QED) is 0.378. The molecule has 0 spiro atoms. The van der Waals surface area contributed by atoms with Gasteiger partial charge in [0.15, 0.2) is 0 Å². The number of nitrogens with one attached hydrogen (secondary N) is 1. The molecule has 1 N–H and O–H groups in total. The highest BCUT2D eigenvalue weighted by Crippen LogP contribution is 2.38. The van der Waals surface area contributed by atoms with Crippen molar-refractivity contribution < 1.29 is 0 Å². The molecule has 4 nitrogen and oxygen atoms in total. The zero-order valence-corrected chi connectivity index (χ0v) is 18.4. The maximum absolute atomic E-state index is 4.65. The molecule has 0 bridgehead atoms. The van der Waals surface area contributed by atoms with E-state index >= 15 is 0 Å². The summed E-state index contributed by atoms with van der Waals surface area (Å²) >= 11 is 3.50. The summed E-state index contributed by atoms with van der Waals surface area (Å²) in [5.74, 6) is 0.526. The van der Waals surface area contributed by atoms with Crippen molar-refractivity contribution in [2.45, 2.75) is 38.6 Å². The Bertz CT molecular complexity index is 1080. The summed E-state index contributed by atoms with van der Waals surface area (Å²) in [6.45, 7) is 4.59. The fourth-order valence-corrected chi connectivity index (χ4v) is 5.55. The van der Waals surface area contributed by atoms with Gasteiger partial charge in [-0.15, -0.1) is 22.7 Å². The van der Waals surface area contributed by atoms with Crippen LogP contribution in [0, 0.1) is 0 Å². The Kier molecular flexibility index (Phi) is 5.62. The second-order valence-corrected chi connectivity index (χ2v) is 9.43. The highest BCUT2D eigenvalue weighted by atomic mass is 32.1. The van der Waals surface area contributed by atoms with Crippen LogP contribution in [0.15, 0.2) is 42.0 Å². The monoisotopic (exact) mass is 410 g/mol. The van der Waals surface area contributed by atoms with Crippen LogP contribution in [0.5, 0.6) is 0 Å². The van der Waals surface area contributed by atoms with Gasteiger partial charge in [-0.3, -0.25) is 0 Å². The molecule has 0 radical (unpaired) electrons. The van der Waals surface area contributed by atoms with E-state index in [0.29, 0.717) is 12.0 Å². The molecule has 3 aromatic heterocycles. The van der Waals surface area contributed by atoms with Gasteiger partial charge in [-0.25, -0.2) is 9.97 Å². The second kappa shape index (κ2) is 8.15. The summed E-state index contributed by atoms with van der Waals surface area (Å²) in [6, 6.07) is 11.3. The van der Waals surface area contributed by atoms with Crippen LogP contribution in [0.3, 0.4) is 0 Å². The van der Waals surface area contributed by atoms with Crippen molar-refractivity contribution in [3.05, 3.63) is 46.9 Å². The first kappa shape index (κ1) is 19.3. The molecule has 0 saturated heterocycles. The Labute approximate surface area is 174 Å². The summed E-state index contributed by atoms with van der Waals surface area (Å²) < 4.78 is 1.21. The van der Waals surface area contributed by atoms with Crippen molar-refractivity contribution in [2.24, 2.45) is 0 Å². The number of hydrogen-bond donors (Lipinski definition) is 1. The maximum Gasteiger partial charge on any atom is 0.125 e. The first-order valence-corrected chi connectivity index (χ1v) is 11.4. The number of aromatic nitrogens is 2. The number of thiophene rings is 1. The molecule has 0 aliphatic heterocycles. The van der Waals surface area contributed by atoms with Crippen molar-refractivity contribution in [3.8, 4) is 0 Å². The van der Waals surface area contributed by atoms with Gasteiger partial charge >= 0.3 is 0 Å². The molecular weight excluding hydrogens is 384 g/mol. The zero-order valence-electron chi connectivity index (χ0n) is 16.8. The van der Waals surface area contributed by atoms with Crippen LogP contribution in [-0.2, 0) is 0 Å². The van der Waals surface area contributed by atoms with Crippen LogP contribution < -0.4 is 5.32 Å². The second-order valence-electron chi connectivity index (χ2n) is 7.49. The van der Waals surface area contributed by atoms with Crippen LogP contribution in [0.2, 0.25) is 0 Å².